The summed E-state index contributed by atoms with van der Waals surface area (Å²) in [6, 6.07) is 36.0. The summed E-state index contributed by atoms with van der Waals surface area (Å²) in [4.78, 5) is 17.8. The van der Waals surface area contributed by atoms with Gasteiger partial charge in [-0.15, -0.1) is 0 Å². The number of benzene rings is 2. The molecular weight excluding hydrogens is 585 g/mol. The van der Waals surface area contributed by atoms with Gasteiger partial charge in [-0.2, -0.15) is 0 Å². The Balaban J connectivity index is 0.000000152. The molecule has 6 aromatic rings. The van der Waals surface area contributed by atoms with Crippen molar-refractivity contribution >= 4 is 21.8 Å². The average Bonchev–Trinajstić information content (AvgIpc) is 2.89. The third-order valence-corrected chi connectivity index (χ3v) is 5.05. The van der Waals surface area contributed by atoms with Crippen LogP contribution >= 0.6 is 0 Å². The summed E-state index contributed by atoms with van der Waals surface area (Å²) in [5.41, 5.74) is 5.66. The first kappa shape index (κ1) is 22.4. The minimum atomic E-state index is 0. The molecule has 0 amide bonds. The van der Waals surface area contributed by atoms with E-state index >= 15 is 0 Å². The topological polar surface area (TPSA) is 51.6 Å². The fraction of sp³-hybridized carbons (Fsp3) is 0. The largest absolute Gasteiger partial charge is 3.00 e. The van der Waals surface area contributed by atoms with E-state index in [0.717, 1.165) is 44.6 Å². The van der Waals surface area contributed by atoms with E-state index in [0.29, 0.717) is 0 Å². The van der Waals surface area contributed by atoms with Crippen molar-refractivity contribution in [2.45, 2.75) is 0 Å². The van der Waals surface area contributed by atoms with Gasteiger partial charge in [0.25, 0.3) is 0 Å². The van der Waals surface area contributed by atoms with Crippen LogP contribution in [0.5, 0.6) is 0 Å². The fourth-order valence-corrected chi connectivity index (χ4v) is 3.45. The van der Waals surface area contributed by atoms with Gasteiger partial charge >= 0.3 is 20.1 Å². The van der Waals surface area contributed by atoms with Gasteiger partial charge in [-0.1, -0.05) is 60.7 Å². The maximum Gasteiger partial charge on any atom is 3.00 e. The van der Waals surface area contributed by atoms with Crippen LogP contribution in [0.3, 0.4) is 0 Å². The predicted octanol–water partition coefficient (Wildman–Crippen LogP) is 6.59. The molecule has 4 nitrogen and oxygen atoms in total. The van der Waals surface area contributed by atoms with Crippen LogP contribution in [0, 0.1) is 0 Å². The quantitative estimate of drug-likeness (QED) is 0.224. The maximum absolute atomic E-state index is 4.58. The molecule has 4 aromatic heterocycles. The van der Waals surface area contributed by atoms with Crippen LogP contribution in [0.4, 0.5) is 0 Å². The molecule has 6 rings (SSSR count). The molecule has 0 saturated carbocycles. The van der Waals surface area contributed by atoms with E-state index in [1.54, 1.807) is 12.4 Å². The van der Waals surface area contributed by atoms with Crippen LogP contribution < -0.4 is 0 Å². The summed E-state index contributed by atoms with van der Waals surface area (Å²) in [6.07, 6.45) is 3.57. The first-order valence-corrected chi connectivity index (χ1v) is 10.4. The number of rotatable bonds is 2. The number of aromatic nitrogens is 4. The SMILES string of the molecule is [Ir+3].c1ccc(-c2ccc3ccccc3n2)nc1.c1ccc(-c2ccc3ccccc3n2)nc1. The molecule has 33 heavy (non-hydrogen) atoms. The molecule has 0 N–H and O–H groups in total. The van der Waals surface area contributed by atoms with Gasteiger partial charge in [-0.05, 0) is 48.5 Å². The van der Waals surface area contributed by atoms with E-state index in [9.17, 15) is 0 Å². The van der Waals surface area contributed by atoms with Gasteiger partial charge in [-0.25, -0.2) is 9.97 Å². The van der Waals surface area contributed by atoms with Crippen molar-refractivity contribution in [3.05, 3.63) is 122 Å². The zero-order valence-corrected chi connectivity index (χ0v) is 20.1. The number of hydrogen-bond donors (Lipinski definition) is 0. The standard InChI is InChI=1S/2C14H10N2.Ir/c2*1-2-6-12-11(5-1)8-9-14(16-12)13-7-3-4-10-15-13;/h2*1-10H;/q;;+3. The van der Waals surface area contributed by atoms with E-state index in [1.807, 2.05) is 84.9 Å². The summed E-state index contributed by atoms with van der Waals surface area (Å²) in [5.74, 6) is 0. The van der Waals surface area contributed by atoms with Crippen LogP contribution in [0.15, 0.2) is 122 Å². The summed E-state index contributed by atoms with van der Waals surface area (Å²) in [6.45, 7) is 0. The van der Waals surface area contributed by atoms with E-state index in [-0.39, 0.29) is 20.1 Å². The summed E-state index contributed by atoms with van der Waals surface area (Å²) in [5, 5.41) is 2.31. The van der Waals surface area contributed by atoms with Crippen molar-refractivity contribution in [2.24, 2.45) is 0 Å². The molecule has 0 bridgehead atoms. The molecule has 0 spiro atoms. The molecule has 0 aliphatic heterocycles. The first-order valence-electron chi connectivity index (χ1n) is 10.4. The molecule has 0 aliphatic carbocycles. The third-order valence-electron chi connectivity index (χ3n) is 5.05. The van der Waals surface area contributed by atoms with E-state index in [2.05, 4.69) is 44.2 Å². The Morgan fingerprint density at radius 3 is 1.21 bits per heavy atom. The van der Waals surface area contributed by atoms with Crippen molar-refractivity contribution in [1.29, 1.82) is 0 Å². The Kier molecular flexibility index (Phi) is 7.25. The summed E-state index contributed by atoms with van der Waals surface area (Å²) in [7, 11) is 0. The van der Waals surface area contributed by atoms with Crippen LogP contribution in [0.1, 0.15) is 0 Å². The normalized spacial score (nSPS) is 10.2. The van der Waals surface area contributed by atoms with Crippen molar-refractivity contribution in [1.82, 2.24) is 19.9 Å². The average molecular weight is 605 g/mol. The van der Waals surface area contributed by atoms with Gasteiger partial charge in [0.2, 0.25) is 0 Å². The molecule has 0 radical (unpaired) electrons. The molecule has 5 heteroatoms. The molecule has 0 unspecified atom stereocenters. The Labute approximate surface area is 205 Å². The molecule has 158 valence electrons. The second-order valence-electron chi connectivity index (χ2n) is 7.21. The Morgan fingerprint density at radius 2 is 0.788 bits per heavy atom. The molecule has 0 aliphatic rings. The molecular formula is C28H20IrN4+3. The zero-order valence-electron chi connectivity index (χ0n) is 17.7. The summed E-state index contributed by atoms with van der Waals surface area (Å²) >= 11 is 0. The molecule has 4 heterocycles. The van der Waals surface area contributed by atoms with Gasteiger partial charge < -0.3 is 0 Å². The molecule has 0 fully saturated rings. The Hall–Kier alpha value is -3.79. The van der Waals surface area contributed by atoms with Gasteiger partial charge in [0.05, 0.1) is 33.8 Å². The second kappa shape index (κ2) is 10.7. The van der Waals surface area contributed by atoms with Gasteiger partial charge in [-0.3, -0.25) is 9.97 Å². The van der Waals surface area contributed by atoms with Gasteiger partial charge in [0.1, 0.15) is 0 Å². The maximum atomic E-state index is 4.58. The number of para-hydroxylation sites is 2. The van der Waals surface area contributed by atoms with E-state index < -0.39 is 0 Å². The van der Waals surface area contributed by atoms with Crippen molar-refractivity contribution < 1.29 is 20.1 Å². The molecule has 2 aromatic carbocycles. The first-order chi connectivity index (χ1) is 15.9. The minimum Gasteiger partial charge on any atom is -0.255 e. The number of nitrogens with zero attached hydrogens (tertiary/aromatic N) is 4. The fourth-order valence-electron chi connectivity index (χ4n) is 3.45. The van der Waals surface area contributed by atoms with Crippen LogP contribution in [-0.4, -0.2) is 19.9 Å². The Bertz CT molecular complexity index is 1360. The van der Waals surface area contributed by atoms with Crippen LogP contribution in [0.2, 0.25) is 0 Å². The zero-order chi connectivity index (χ0) is 21.6. The summed E-state index contributed by atoms with van der Waals surface area (Å²) < 4.78 is 0. The van der Waals surface area contributed by atoms with Crippen LogP contribution in [-0.2, 0) is 20.1 Å². The van der Waals surface area contributed by atoms with Crippen LogP contribution in [0.25, 0.3) is 44.6 Å². The second-order valence-corrected chi connectivity index (χ2v) is 7.21. The van der Waals surface area contributed by atoms with Crippen molar-refractivity contribution in [3.8, 4) is 22.8 Å². The monoisotopic (exact) mass is 605 g/mol. The van der Waals surface area contributed by atoms with Crippen molar-refractivity contribution in [3.63, 3.8) is 0 Å². The number of fused-ring (bicyclic) bond motifs is 2. The van der Waals surface area contributed by atoms with Gasteiger partial charge in [0, 0.05) is 23.2 Å². The molecule has 0 atom stereocenters. The van der Waals surface area contributed by atoms with Crippen molar-refractivity contribution in [2.75, 3.05) is 0 Å². The Morgan fingerprint density at radius 1 is 0.364 bits per heavy atom. The van der Waals surface area contributed by atoms with Gasteiger partial charge in [0.15, 0.2) is 0 Å². The smallest absolute Gasteiger partial charge is 0.255 e. The van der Waals surface area contributed by atoms with E-state index in [1.165, 1.54) is 0 Å². The van der Waals surface area contributed by atoms with E-state index in [4.69, 9.17) is 0 Å². The third kappa shape index (κ3) is 5.35. The molecule has 0 saturated heterocycles. The minimum absolute atomic E-state index is 0. The predicted molar refractivity (Wildman–Crippen MR) is 130 cm³/mol. The number of hydrogen-bond acceptors (Lipinski definition) is 4. The number of pyridine rings is 4.